The molecular formula is C12H17BrN2O4. The van der Waals surface area contributed by atoms with Crippen LogP contribution in [0, 0.1) is 0 Å². The van der Waals surface area contributed by atoms with Crippen molar-refractivity contribution >= 4 is 27.8 Å². The molecule has 1 rings (SSSR count). The number of nitrogens with one attached hydrogen (secondary N) is 1. The van der Waals surface area contributed by atoms with E-state index < -0.39 is 24.4 Å². The Morgan fingerprint density at radius 2 is 1.68 bits per heavy atom. The lowest BCUT2D eigenvalue weighted by atomic mass is 10.1. The monoisotopic (exact) mass is 332 g/mol. The molecule has 0 radical (unpaired) electrons. The lowest BCUT2D eigenvalue weighted by molar-refractivity contribution is -0.0820. The zero-order valence-electron chi connectivity index (χ0n) is 10.3. The van der Waals surface area contributed by atoms with Gasteiger partial charge in [-0.15, -0.1) is 0 Å². The van der Waals surface area contributed by atoms with E-state index in [0.717, 1.165) is 10.7 Å². The average Bonchev–Trinajstić information content (AvgIpc) is 2.39. The predicted molar refractivity (Wildman–Crippen MR) is 76.0 cm³/mol. The SMILES string of the molecule is C[C@H](O)[C@@H](O)[C@H](O)[C@H](O)C=NNc1ccc(Br)cc1. The van der Waals surface area contributed by atoms with Crippen LogP contribution >= 0.6 is 15.9 Å². The van der Waals surface area contributed by atoms with Crippen LogP contribution in [0.15, 0.2) is 33.8 Å². The van der Waals surface area contributed by atoms with Gasteiger partial charge in [0, 0.05) is 4.47 Å². The van der Waals surface area contributed by atoms with Gasteiger partial charge in [0.1, 0.15) is 18.3 Å². The summed E-state index contributed by atoms with van der Waals surface area (Å²) in [5, 5.41) is 41.2. The lowest BCUT2D eigenvalue weighted by Crippen LogP contribution is -2.44. The molecule has 1 aromatic rings. The minimum absolute atomic E-state index is 0.706. The maximum Gasteiger partial charge on any atom is 0.119 e. The number of hydrazone groups is 1. The highest BCUT2D eigenvalue weighted by atomic mass is 79.9. The van der Waals surface area contributed by atoms with Gasteiger partial charge in [0.15, 0.2) is 0 Å². The Hall–Kier alpha value is -0.990. The van der Waals surface area contributed by atoms with E-state index in [0.29, 0.717) is 5.69 Å². The third-order valence-electron chi connectivity index (χ3n) is 2.46. The summed E-state index contributed by atoms with van der Waals surface area (Å²) in [6.07, 6.45) is -4.41. The second-order valence-electron chi connectivity index (χ2n) is 4.11. The summed E-state index contributed by atoms with van der Waals surface area (Å²) in [5.74, 6) is 0. The molecule has 0 spiro atoms. The summed E-state index contributed by atoms with van der Waals surface area (Å²) in [6.45, 7) is 1.32. The van der Waals surface area contributed by atoms with E-state index in [1.165, 1.54) is 6.92 Å². The van der Waals surface area contributed by atoms with Crippen molar-refractivity contribution in [1.82, 2.24) is 0 Å². The Bertz CT molecular complexity index is 411. The van der Waals surface area contributed by atoms with Gasteiger partial charge in [-0.2, -0.15) is 5.10 Å². The van der Waals surface area contributed by atoms with Gasteiger partial charge in [-0.05, 0) is 31.2 Å². The predicted octanol–water partition coefficient (Wildman–Crippen LogP) is 0.310. The third-order valence-corrected chi connectivity index (χ3v) is 2.99. The first-order valence-corrected chi connectivity index (χ1v) is 6.48. The molecule has 0 amide bonds. The zero-order chi connectivity index (χ0) is 14.4. The number of nitrogens with zero attached hydrogens (tertiary/aromatic N) is 1. The second kappa shape index (κ2) is 7.56. The van der Waals surface area contributed by atoms with Gasteiger partial charge >= 0.3 is 0 Å². The highest BCUT2D eigenvalue weighted by Crippen LogP contribution is 2.13. The van der Waals surface area contributed by atoms with Crippen molar-refractivity contribution in [2.24, 2.45) is 5.10 Å². The fraction of sp³-hybridized carbons (Fsp3) is 0.417. The van der Waals surface area contributed by atoms with Gasteiger partial charge in [-0.1, -0.05) is 15.9 Å². The number of halogens is 1. The van der Waals surface area contributed by atoms with Crippen molar-refractivity contribution in [2.75, 3.05) is 5.43 Å². The first-order chi connectivity index (χ1) is 8.91. The van der Waals surface area contributed by atoms with Crippen molar-refractivity contribution in [1.29, 1.82) is 0 Å². The third kappa shape index (κ3) is 5.25. The molecule has 0 aliphatic rings. The molecule has 0 heterocycles. The van der Waals surface area contributed by atoms with Gasteiger partial charge in [-0.3, -0.25) is 5.43 Å². The number of aliphatic hydroxyl groups excluding tert-OH is 4. The summed E-state index contributed by atoms with van der Waals surface area (Å²) < 4.78 is 0.928. The van der Waals surface area contributed by atoms with Crippen LogP contribution in [-0.2, 0) is 0 Å². The molecule has 0 bridgehead atoms. The summed E-state index contributed by atoms with van der Waals surface area (Å²) >= 11 is 3.29. The van der Waals surface area contributed by atoms with E-state index >= 15 is 0 Å². The van der Waals surface area contributed by atoms with Crippen LogP contribution in [0.1, 0.15) is 6.92 Å². The Morgan fingerprint density at radius 1 is 1.11 bits per heavy atom. The number of benzene rings is 1. The molecule has 4 atom stereocenters. The minimum Gasteiger partial charge on any atom is -0.391 e. The summed E-state index contributed by atoms with van der Waals surface area (Å²) in [4.78, 5) is 0. The number of hydrogen-bond donors (Lipinski definition) is 5. The minimum atomic E-state index is -1.50. The Labute approximate surface area is 119 Å². The van der Waals surface area contributed by atoms with E-state index in [9.17, 15) is 15.3 Å². The molecule has 0 unspecified atom stereocenters. The van der Waals surface area contributed by atoms with Gasteiger partial charge in [0.05, 0.1) is 18.0 Å². The number of hydrogen-bond acceptors (Lipinski definition) is 6. The van der Waals surface area contributed by atoms with Crippen molar-refractivity contribution in [2.45, 2.75) is 31.3 Å². The quantitative estimate of drug-likeness (QED) is 0.381. The van der Waals surface area contributed by atoms with E-state index in [4.69, 9.17) is 5.11 Å². The van der Waals surface area contributed by atoms with E-state index in [1.54, 1.807) is 12.1 Å². The van der Waals surface area contributed by atoms with Crippen LogP contribution in [0.2, 0.25) is 0 Å². The van der Waals surface area contributed by atoms with Crippen LogP contribution in [0.5, 0.6) is 0 Å². The zero-order valence-corrected chi connectivity index (χ0v) is 11.9. The first kappa shape index (κ1) is 16.1. The maximum absolute atomic E-state index is 9.54. The summed E-state index contributed by atoms with van der Waals surface area (Å²) in [5.41, 5.74) is 3.36. The standard InChI is InChI=1S/C12H17BrN2O4/c1-7(16)11(18)12(19)10(17)6-14-15-9-4-2-8(13)3-5-9/h2-7,10-12,15-19H,1H3/t7-,10+,11+,12+/m0/s1. The van der Waals surface area contributed by atoms with Gasteiger partial charge < -0.3 is 20.4 Å². The molecule has 0 aromatic heterocycles. The highest BCUT2D eigenvalue weighted by molar-refractivity contribution is 9.10. The summed E-state index contributed by atoms with van der Waals surface area (Å²) in [7, 11) is 0. The van der Waals surface area contributed by atoms with Gasteiger partial charge in [-0.25, -0.2) is 0 Å². The molecule has 0 saturated carbocycles. The Kier molecular flexibility index (Phi) is 6.40. The number of rotatable bonds is 6. The first-order valence-electron chi connectivity index (χ1n) is 5.69. The molecule has 0 aliphatic carbocycles. The van der Waals surface area contributed by atoms with Crippen molar-refractivity contribution < 1.29 is 20.4 Å². The van der Waals surface area contributed by atoms with Crippen LogP contribution in [-0.4, -0.2) is 51.1 Å². The Morgan fingerprint density at radius 3 is 2.21 bits per heavy atom. The second-order valence-corrected chi connectivity index (χ2v) is 5.02. The lowest BCUT2D eigenvalue weighted by Gasteiger charge is -2.22. The molecule has 0 aliphatic heterocycles. The van der Waals surface area contributed by atoms with Crippen molar-refractivity contribution in [3.63, 3.8) is 0 Å². The largest absolute Gasteiger partial charge is 0.391 e. The average molecular weight is 333 g/mol. The van der Waals surface area contributed by atoms with Crippen LogP contribution in [0.4, 0.5) is 5.69 Å². The normalized spacial score (nSPS) is 18.0. The van der Waals surface area contributed by atoms with Crippen LogP contribution < -0.4 is 5.43 Å². The van der Waals surface area contributed by atoms with Gasteiger partial charge in [0.2, 0.25) is 0 Å². The maximum atomic E-state index is 9.54. The molecule has 1 aromatic carbocycles. The molecule has 6 nitrogen and oxygen atoms in total. The van der Waals surface area contributed by atoms with E-state index in [-0.39, 0.29) is 0 Å². The molecule has 0 fully saturated rings. The number of anilines is 1. The number of aliphatic hydroxyl groups is 4. The van der Waals surface area contributed by atoms with Crippen molar-refractivity contribution in [3.05, 3.63) is 28.7 Å². The Balaban J connectivity index is 2.50. The van der Waals surface area contributed by atoms with E-state index in [2.05, 4.69) is 26.5 Å². The summed E-state index contributed by atoms with van der Waals surface area (Å²) in [6, 6.07) is 7.18. The molecular weight excluding hydrogens is 316 g/mol. The molecule has 19 heavy (non-hydrogen) atoms. The molecule has 7 heteroatoms. The van der Waals surface area contributed by atoms with Crippen LogP contribution in [0.25, 0.3) is 0 Å². The highest BCUT2D eigenvalue weighted by Gasteiger charge is 2.26. The van der Waals surface area contributed by atoms with Crippen molar-refractivity contribution in [3.8, 4) is 0 Å². The topological polar surface area (TPSA) is 105 Å². The fourth-order valence-corrected chi connectivity index (χ4v) is 1.55. The molecule has 106 valence electrons. The van der Waals surface area contributed by atoms with Crippen LogP contribution in [0.3, 0.4) is 0 Å². The van der Waals surface area contributed by atoms with Gasteiger partial charge in [0.25, 0.3) is 0 Å². The molecule has 5 N–H and O–H groups in total. The smallest absolute Gasteiger partial charge is 0.119 e. The van der Waals surface area contributed by atoms with E-state index in [1.807, 2.05) is 12.1 Å². The molecule has 0 saturated heterocycles. The fourth-order valence-electron chi connectivity index (χ4n) is 1.29.